The molecule has 0 unspecified atom stereocenters. The van der Waals surface area contributed by atoms with Gasteiger partial charge in [-0.2, -0.15) is 4.37 Å². The van der Waals surface area contributed by atoms with E-state index in [1.807, 2.05) is 0 Å². The summed E-state index contributed by atoms with van der Waals surface area (Å²) in [6.07, 6.45) is 2.13. The molecule has 0 bridgehead atoms. The first-order valence-corrected chi connectivity index (χ1v) is 4.56. The van der Waals surface area contributed by atoms with Gasteiger partial charge in [0.15, 0.2) is 0 Å². The van der Waals surface area contributed by atoms with Crippen LogP contribution in [0.25, 0.3) is 0 Å². The van der Waals surface area contributed by atoms with Crippen LogP contribution < -0.4 is 4.74 Å². The Labute approximate surface area is 74.7 Å². The van der Waals surface area contributed by atoms with Gasteiger partial charge in [0.2, 0.25) is 5.15 Å². The molecule has 0 spiro atoms. The maximum Gasteiger partial charge on any atom is 0.265 e. The highest BCUT2D eigenvalue weighted by atomic mass is 35.5. The first kappa shape index (κ1) is 8.74. The topological polar surface area (TPSA) is 35.0 Å². The second-order valence-corrected chi connectivity index (χ2v) is 2.95. The van der Waals surface area contributed by atoms with Crippen LogP contribution in [0.4, 0.5) is 0 Å². The van der Waals surface area contributed by atoms with Crippen molar-refractivity contribution in [3.8, 4) is 5.88 Å². The number of hydrogen-bond acceptors (Lipinski definition) is 4. The van der Waals surface area contributed by atoms with Crippen molar-refractivity contribution in [1.29, 1.82) is 0 Å². The smallest absolute Gasteiger partial charge is 0.265 e. The van der Waals surface area contributed by atoms with E-state index in [1.54, 1.807) is 0 Å². The molecule has 0 atom stereocenters. The molecule has 0 amide bonds. The van der Waals surface area contributed by atoms with E-state index in [9.17, 15) is 0 Å². The molecule has 0 saturated heterocycles. The highest BCUT2D eigenvalue weighted by Gasteiger charge is 2.04. The minimum Gasteiger partial charge on any atom is -0.475 e. The Balaban J connectivity index is 2.32. The average Bonchev–Trinajstić information content (AvgIpc) is 2.37. The van der Waals surface area contributed by atoms with Crippen molar-refractivity contribution in [2.24, 2.45) is 0 Å². The van der Waals surface area contributed by atoms with Gasteiger partial charge in [0.1, 0.15) is 0 Å². The lowest BCUT2D eigenvalue weighted by atomic mass is 10.4. The summed E-state index contributed by atoms with van der Waals surface area (Å²) in [5.41, 5.74) is 0. The van der Waals surface area contributed by atoms with Crippen molar-refractivity contribution >= 4 is 23.3 Å². The Morgan fingerprint density at radius 2 is 2.36 bits per heavy atom. The standard InChI is InChI=1S/C6H9ClN2OS/c1-2-3-4-10-6-5(7)8-11-9-6/h2-4H2,1H3. The van der Waals surface area contributed by atoms with Crippen molar-refractivity contribution in [2.45, 2.75) is 19.8 Å². The van der Waals surface area contributed by atoms with E-state index in [0.717, 1.165) is 24.6 Å². The van der Waals surface area contributed by atoms with Gasteiger partial charge in [-0.05, 0) is 6.42 Å². The van der Waals surface area contributed by atoms with Crippen molar-refractivity contribution in [2.75, 3.05) is 6.61 Å². The molecule has 0 saturated carbocycles. The van der Waals surface area contributed by atoms with E-state index in [4.69, 9.17) is 16.3 Å². The second kappa shape index (κ2) is 4.51. The third-order valence-corrected chi connectivity index (χ3v) is 2.02. The van der Waals surface area contributed by atoms with Crippen molar-refractivity contribution < 1.29 is 4.74 Å². The summed E-state index contributed by atoms with van der Waals surface area (Å²) in [4.78, 5) is 0. The predicted molar refractivity (Wildman–Crippen MR) is 45.3 cm³/mol. The molecule has 3 nitrogen and oxygen atoms in total. The van der Waals surface area contributed by atoms with Gasteiger partial charge < -0.3 is 4.74 Å². The molecule has 11 heavy (non-hydrogen) atoms. The zero-order valence-electron chi connectivity index (χ0n) is 6.21. The van der Waals surface area contributed by atoms with Crippen LogP contribution in [-0.4, -0.2) is 15.4 Å². The molecule has 0 aliphatic rings. The molecule has 0 aliphatic heterocycles. The molecular weight excluding hydrogens is 184 g/mol. The van der Waals surface area contributed by atoms with E-state index in [0.29, 0.717) is 17.6 Å². The molecule has 62 valence electrons. The Kier molecular flexibility index (Phi) is 3.59. The second-order valence-electron chi connectivity index (χ2n) is 2.06. The lowest BCUT2D eigenvalue weighted by Crippen LogP contribution is -1.96. The molecule has 1 rings (SSSR count). The fourth-order valence-electron chi connectivity index (χ4n) is 0.569. The molecule has 5 heteroatoms. The molecule has 1 heterocycles. The van der Waals surface area contributed by atoms with Gasteiger partial charge in [-0.15, -0.1) is 4.37 Å². The van der Waals surface area contributed by atoms with Gasteiger partial charge >= 0.3 is 0 Å². The van der Waals surface area contributed by atoms with Crippen LogP contribution in [0.5, 0.6) is 5.88 Å². The van der Waals surface area contributed by atoms with E-state index in [1.165, 1.54) is 0 Å². The monoisotopic (exact) mass is 192 g/mol. The minimum absolute atomic E-state index is 0.367. The summed E-state index contributed by atoms with van der Waals surface area (Å²) in [6, 6.07) is 0. The molecule has 0 aromatic carbocycles. The van der Waals surface area contributed by atoms with Gasteiger partial charge in [-0.3, -0.25) is 0 Å². The van der Waals surface area contributed by atoms with Gasteiger partial charge in [-0.1, -0.05) is 24.9 Å². The number of nitrogens with zero attached hydrogens (tertiary/aromatic N) is 2. The molecule has 0 N–H and O–H groups in total. The number of aromatic nitrogens is 2. The number of ether oxygens (including phenoxy) is 1. The fraction of sp³-hybridized carbons (Fsp3) is 0.667. The van der Waals surface area contributed by atoms with Crippen LogP contribution in [-0.2, 0) is 0 Å². The van der Waals surface area contributed by atoms with Crippen LogP contribution in [0.1, 0.15) is 19.8 Å². The summed E-state index contributed by atoms with van der Waals surface area (Å²) in [5, 5.41) is 0.367. The van der Waals surface area contributed by atoms with Gasteiger partial charge in [0.25, 0.3) is 5.88 Å². The third-order valence-electron chi connectivity index (χ3n) is 1.16. The first-order valence-electron chi connectivity index (χ1n) is 3.45. The molecule has 0 radical (unpaired) electrons. The van der Waals surface area contributed by atoms with Crippen molar-refractivity contribution in [3.05, 3.63) is 5.15 Å². The summed E-state index contributed by atoms with van der Waals surface area (Å²) >= 11 is 6.70. The summed E-state index contributed by atoms with van der Waals surface area (Å²) in [6.45, 7) is 2.77. The van der Waals surface area contributed by atoms with E-state index in [-0.39, 0.29) is 0 Å². The summed E-state index contributed by atoms with van der Waals surface area (Å²) in [5.74, 6) is 0.463. The third kappa shape index (κ3) is 2.63. The maximum atomic E-state index is 5.63. The van der Waals surface area contributed by atoms with Crippen LogP contribution in [0.2, 0.25) is 5.15 Å². The number of rotatable bonds is 4. The minimum atomic E-state index is 0.367. The van der Waals surface area contributed by atoms with Gasteiger partial charge in [-0.25, -0.2) is 0 Å². The Hall–Kier alpha value is -0.350. The average molecular weight is 193 g/mol. The van der Waals surface area contributed by atoms with Crippen LogP contribution >= 0.6 is 23.3 Å². The molecule has 0 aliphatic carbocycles. The Bertz CT molecular complexity index is 216. The predicted octanol–water partition coefficient (Wildman–Crippen LogP) is 2.37. The van der Waals surface area contributed by atoms with Crippen LogP contribution in [0.15, 0.2) is 0 Å². The normalized spacial score (nSPS) is 10.0. The van der Waals surface area contributed by atoms with Gasteiger partial charge in [0.05, 0.1) is 18.3 Å². The molecule has 0 fully saturated rings. The fourth-order valence-corrected chi connectivity index (χ4v) is 1.21. The first-order chi connectivity index (χ1) is 5.34. The van der Waals surface area contributed by atoms with Crippen molar-refractivity contribution in [3.63, 3.8) is 0 Å². The van der Waals surface area contributed by atoms with E-state index in [2.05, 4.69) is 15.7 Å². The maximum absolute atomic E-state index is 5.63. The molecular formula is C6H9ClN2OS. The van der Waals surface area contributed by atoms with E-state index < -0.39 is 0 Å². The highest BCUT2D eigenvalue weighted by Crippen LogP contribution is 2.20. The summed E-state index contributed by atoms with van der Waals surface area (Å²) in [7, 11) is 0. The zero-order chi connectivity index (χ0) is 8.10. The zero-order valence-corrected chi connectivity index (χ0v) is 7.78. The lowest BCUT2D eigenvalue weighted by Gasteiger charge is -1.99. The largest absolute Gasteiger partial charge is 0.475 e. The van der Waals surface area contributed by atoms with Crippen molar-refractivity contribution in [1.82, 2.24) is 8.75 Å². The van der Waals surface area contributed by atoms with Crippen LogP contribution in [0.3, 0.4) is 0 Å². The quantitative estimate of drug-likeness (QED) is 0.688. The number of unbranched alkanes of at least 4 members (excludes halogenated alkanes) is 1. The number of halogens is 1. The molecule has 1 aromatic rings. The number of hydrogen-bond donors (Lipinski definition) is 0. The van der Waals surface area contributed by atoms with Crippen LogP contribution in [0, 0.1) is 0 Å². The van der Waals surface area contributed by atoms with Gasteiger partial charge in [0, 0.05) is 0 Å². The lowest BCUT2D eigenvalue weighted by molar-refractivity contribution is 0.300. The highest BCUT2D eigenvalue weighted by molar-refractivity contribution is 6.99. The SMILES string of the molecule is CCCCOc1nsnc1Cl. The Morgan fingerprint density at radius 3 is 2.91 bits per heavy atom. The summed E-state index contributed by atoms with van der Waals surface area (Å²) < 4.78 is 12.9. The Morgan fingerprint density at radius 1 is 1.55 bits per heavy atom. The molecule has 1 aromatic heterocycles. The van der Waals surface area contributed by atoms with E-state index >= 15 is 0 Å².